The van der Waals surface area contributed by atoms with Gasteiger partial charge in [0.25, 0.3) is 5.56 Å². The molecular weight excluding hydrogens is 194 g/mol. The Morgan fingerprint density at radius 2 is 2.47 bits per heavy atom. The van der Waals surface area contributed by atoms with Crippen LogP contribution in [0.3, 0.4) is 0 Å². The second-order valence-electron chi connectivity index (χ2n) is 3.21. The van der Waals surface area contributed by atoms with Crippen molar-refractivity contribution in [1.82, 2.24) is 9.55 Å². The Kier molecular flexibility index (Phi) is 5.00. The molecule has 84 valence electrons. The number of hydrogen-bond acceptors (Lipinski definition) is 4. The van der Waals surface area contributed by atoms with Crippen LogP contribution in [0.5, 0.6) is 0 Å². The van der Waals surface area contributed by atoms with Crippen molar-refractivity contribution in [2.45, 2.75) is 26.0 Å². The number of aromatic nitrogens is 2. The SMILES string of the molecule is CCOC(CN)CCn1cnccc1=O. The average Bonchev–Trinajstić information content (AvgIpc) is 2.26. The van der Waals surface area contributed by atoms with E-state index in [9.17, 15) is 4.79 Å². The van der Waals surface area contributed by atoms with Gasteiger partial charge in [-0.15, -0.1) is 0 Å². The van der Waals surface area contributed by atoms with Gasteiger partial charge in [0.2, 0.25) is 0 Å². The highest BCUT2D eigenvalue weighted by Gasteiger charge is 2.06. The fraction of sp³-hybridized carbons (Fsp3) is 0.600. The summed E-state index contributed by atoms with van der Waals surface area (Å²) < 4.78 is 6.95. The quantitative estimate of drug-likeness (QED) is 0.719. The maximum absolute atomic E-state index is 11.3. The van der Waals surface area contributed by atoms with Gasteiger partial charge in [-0.2, -0.15) is 0 Å². The lowest BCUT2D eigenvalue weighted by atomic mass is 10.2. The summed E-state index contributed by atoms with van der Waals surface area (Å²) in [6.07, 6.45) is 3.77. The topological polar surface area (TPSA) is 70.1 Å². The van der Waals surface area contributed by atoms with Crippen molar-refractivity contribution in [3.8, 4) is 0 Å². The zero-order valence-electron chi connectivity index (χ0n) is 8.93. The van der Waals surface area contributed by atoms with E-state index in [-0.39, 0.29) is 11.7 Å². The Morgan fingerprint density at radius 3 is 3.07 bits per heavy atom. The van der Waals surface area contributed by atoms with Crippen LogP contribution in [-0.4, -0.2) is 28.8 Å². The molecule has 1 unspecified atom stereocenters. The highest BCUT2D eigenvalue weighted by molar-refractivity contribution is 4.82. The molecule has 2 N–H and O–H groups in total. The molecule has 0 saturated carbocycles. The fourth-order valence-corrected chi connectivity index (χ4v) is 1.33. The van der Waals surface area contributed by atoms with Crippen LogP contribution in [0.4, 0.5) is 0 Å². The second kappa shape index (κ2) is 6.31. The molecule has 1 aromatic heterocycles. The van der Waals surface area contributed by atoms with Crippen LogP contribution in [-0.2, 0) is 11.3 Å². The van der Waals surface area contributed by atoms with Gasteiger partial charge in [-0.3, -0.25) is 9.36 Å². The lowest BCUT2D eigenvalue weighted by molar-refractivity contribution is 0.0596. The average molecular weight is 211 g/mol. The van der Waals surface area contributed by atoms with Crippen molar-refractivity contribution >= 4 is 0 Å². The van der Waals surface area contributed by atoms with Crippen LogP contribution in [0.2, 0.25) is 0 Å². The number of hydrogen-bond donors (Lipinski definition) is 1. The van der Waals surface area contributed by atoms with E-state index in [1.54, 1.807) is 4.57 Å². The third kappa shape index (κ3) is 3.81. The molecule has 0 radical (unpaired) electrons. The van der Waals surface area contributed by atoms with Crippen LogP contribution < -0.4 is 11.3 Å². The first kappa shape index (κ1) is 11.9. The molecule has 0 aliphatic carbocycles. The second-order valence-corrected chi connectivity index (χ2v) is 3.21. The van der Waals surface area contributed by atoms with Gasteiger partial charge in [0.1, 0.15) is 0 Å². The van der Waals surface area contributed by atoms with Crippen molar-refractivity contribution in [3.05, 3.63) is 28.9 Å². The summed E-state index contributed by atoms with van der Waals surface area (Å²) in [5, 5.41) is 0. The van der Waals surface area contributed by atoms with Crippen LogP contribution >= 0.6 is 0 Å². The van der Waals surface area contributed by atoms with Crippen molar-refractivity contribution in [2.75, 3.05) is 13.2 Å². The van der Waals surface area contributed by atoms with E-state index in [1.807, 2.05) is 6.92 Å². The fourth-order valence-electron chi connectivity index (χ4n) is 1.33. The minimum Gasteiger partial charge on any atom is -0.377 e. The Bertz CT molecular complexity index is 337. The molecule has 0 bridgehead atoms. The molecule has 1 heterocycles. The standard InChI is InChI=1S/C10H17N3O2/c1-2-15-9(7-11)4-6-13-8-12-5-3-10(13)14/h3,5,8-9H,2,4,6-7,11H2,1H3. The van der Waals surface area contributed by atoms with Gasteiger partial charge in [-0.25, -0.2) is 4.98 Å². The summed E-state index contributed by atoms with van der Waals surface area (Å²) in [7, 11) is 0. The van der Waals surface area contributed by atoms with Crippen molar-refractivity contribution in [3.63, 3.8) is 0 Å². The number of nitrogens with two attached hydrogens (primary N) is 1. The Balaban J connectivity index is 2.49. The van der Waals surface area contributed by atoms with E-state index in [1.165, 1.54) is 18.6 Å². The van der Waals surface area contributed by atoms with E-state index in [2.05, 4.69) is 4.98 Å². The van der Waals surface area contributed by atoms with Crippen LogP contribution in [0, 0.1) is 0 Å². The maximum atomic E-state index is 11.3. The van der Waals surface area contributed by atoms with Gasteiger partial charge in [-0.05, 0) is 13.3 Å². The van der Waals surface area contributed by atoms with E-state index in [4.69, 9.17) is 10.5 Å². The molecule has 5 nitrogen and oxygen atoms in total. The summed E-state index contributed by atoms with van der Waals surface area (Å²) in [5.41, 5.74) is 5.49. The number of rotatable bonds is 6. The van der Waals surface area contributed by atoms with Gasteiger partial charge in [0, 0.05) is 32.0 Å². The first-order valence-corrected chi connectivity index (χ1v) is 5.10. The first-order valence-electron chi connectivity index (χ1n) is 5.10. The molecule has 15 heavy (non-hydrogen) atoms. The molecule has 0 amide bonds. The lowest BCUT2D eigenvalue weighted by Gasteiger charge is -2.14. The smallest absolute Gasteiger partial charge is 0.253 e. The van der Waals surface area contributed by atoms with Gasteiger partial charge < -0.3 is 10.5 Å². The molecule has 0 aromatic carbocycles. The molecule has 0 spiro atoms. The molecule has 0 aliphatic rings. The number of nitrogens with zero attached hydrogens (tertiary/aromatic N) is 2. The Hall–Kier alpha value is -1.20. The number of ether oxygens (including phenoxy) is 1. The zero-order chi connectivity index (χ0) is 11.1. The monoisotopic (exact) mass is 211 g/mol. The molecule has 1 rings (SSSR count). The summed E-state index contributed by atoms with van der Waals surface area (Å²) in [5.74, 6) is 0. The number of aryl methyl sites for hydroxylation is 1. The van der Waals surface area contributed by atoms with Gasteiger partial charge >= 0.3 is 0 Å². The van der Waals surface area contributed by atoms with Gasteiger partial charge in [0.15, 0.2) is 0 Å². The van der Waals surface area contributed by atoms with Gasteiger partial charge in [0.05, 0.1) is 12.4 Å². The minimum atomic E-state index is -0.0442. The van der Waals surface area contributed by atoms with Crippen molar-refractivity contribution < 1.29 is 4.74 Å². The zero-order valence-corrected chi connectivity index (χ0v) is 8.93. The largest absolute Gasteiger partial charge is 0.377 e. The van der Waals surface area contributed by atoms with E-state index >= 15 is 0 Å². The van der Waals surface area contributed by atoms with Crippen LogP contribution in [0.1, 0.15) is 13.3 Å². The third-order valence-corrected chi connectivity index (χ3v) is 2.15. The highest BCUT2D eigenvalue weighted by Crippen LogP contribution is 1.98. The van der Waals surface area contributed by atoms with E-state index in [0.717, 1.165) is 6.42 Å². The Labute approximate surface area is 88.9 Å². The highest BCUT2D eigenvalue weighted by atomic mass is 16.5. The molecular formula is C10H17N3O2. The first-order chi connectivity index (χ1) is 7.27. The predicted molar refractivity (Wildman–Crippen MR) is 57.6 cm³/mol. The summed E-state index contributed by atoms with van der Waals surface area (Å²) in [6, 6.07) is 1.44. The van der Waals surface area contributed by atoms with Crippen molar-refractivity contribution in [1.29, 1.82) is 0 Å². The lowest BCUT2D eigenvalue weighted by Crippen LogP contribution is -2.28. The molecule has 1 atom stereocenters. The predicted octanol–water partition coefficient (Wildman–Crippen LogP) is -0.00280. The van der Waals surface area contributed by atoms with Crippen LogP contribution in [0.15, 0.2) is 23.4 Å². The summed E-state index contributed by atoms with van der Waals surface area (Å²) in [6.45, 7) is 3.64. The molecule has 1 aromatic rings. The summed E-state index contributed by atoms with van der Waals surface area (Å²) in [4.78, 5) is 15.2. The van der Waals surface area contributed by atoms with Gasteiger partial charge in [-0.1, -0.05) is 0 Å². The molecule has 0 fully saturated rings. The molecule has 0 aliphatic heterocycles. The van der Waals surface area contributed by atoms with E-state index < -0.39 is 0 Å². The minimum absolute atomic E-state index is 0.0158. The normalized spacial score (nSPS) is 12.7. The van der Waals surface area contributed by atoms with E-state index in [0.29, 0.717) is 19.7 Å². The maximum Gasteiger partial charge on any atom is 0.253 e. The summed E-state index contributed by atoms with van der Waals surface area (Å²) >= 11 is 0. The van der Waals surface area contributed by atoms with Crippen LogP contribution in [0.25, 0.3) is 0 Å². The molecule has 5 heteroatoms. The van der Waals surface area contributed by atoms with Crippen molar-refractivity contribution in [2.24, 2.45) is 5.73 Å². The third-order valence-electron chi connectivity index (χ3n) is 2.15. The Morgan fingerprint density at radius 1 is 1.67 bits per heavy atom. The molecule has 0 saturated heterocycles.